The van der Waals surface area contributed by atoms with Gasteiger partial charge in [-0.05, 0) is 57.3 Å². The number of likely N-dealkylation sites (tertiary alicyclic amines) is 1. The first-order valence-electron chi connectivity index (χ1n) is 8.13. The van der Waals surface area contributed by atoms with Crippen molar-refractivity contribution >= 4 is 0 Å². The Hall–Kier alpha value is -0.930. The molecule has 2 rings (SSSR count). The molecule has 1 saturated heterocycles. The van der Waals surface area contributed by atoms with Crippen LogP contribution in [-0.4, -0.2) is 29.0 Å². The summed E-state index contributed by atoms with van der Waals surface area (Å²) in [4.78, 5) is 7.10. The van der Waals surface area contributed by atoms with Crippen molar-refractivity contribution < 1.29 is 0 Å². The zero-order valence-corrected chi connectivity index (χ0v) is 13.0. The number of nitrogens with zero attached hydrogens (tertiary/aromatic N) is 2. The van der Waals surface area contributed by atoms with E-state index in [1.54, 1.807) is 0 Å². The van der Waals surface area contributed by atoms with Gasteiger partial charge in [-0.15, -0.1) is 0 Å². The van der Waals surface area contributed by atoms with Gasteiger partial charge >= 0.3 is 0 Å². The highest BCUT2D eigenvalue weighted by atomic mass is 15.2. The van der Waals surface area contributed by atoms with Crippen LogP contribution in [0.25, 0.3) is 0 Å². The average molecular weight is 275 g/mol. The van der Waals surface area contributed by atoms with Crippen molar-refractivity contribution in [3.63, 3.8) is 0 Å². The molecule has 112 valence electrons. The van der Waals surface area contributed by atoms with Crippen molar-refractivity contribution in [3.05, 3.63) is 30.1 Å². The standard InChI is InChI=1S/C17H29N3/c1-3-7-15-8-6-12-20(13-10-15)17(14(2)18)16-9-4-5-11-19-16/h4-5,9,11,14-15,17H,3,6-8,10,12-13,18H2,1-2H3. The molecule has 1 aromatic heterocycles. The summed E-state index contributed by atoms with van der Waals surface area (Å²) in [5, 5.41) is 0. The van der Waals surface area contributed by atoms with Crippen LogP contribution in [0.3, 0.4) is 0 Å². The SMILES string of the molecule is CCCC1CCCN(C(c2ccccn2)C(C)N)CC1. The highest BCUT2D eigenvalue weighted by molar-refractivity contribution is 5.11. The summed E-state index contributed by atoms with van der Waals surface area (Å²) in [5.41, 5.74) is 7.38. The summed E-state index contributed by atoms with van der Waals surface area (Å²) in [6, 6.07) is 6.53. The van der Waals surface area contributed by atoms with E-state index < -0.39 is 0 Å². The second-order valence-corrected chi connectivity index (χ2v) is 6.18. The van der Waals surface area contributed by atoms with Gasteiger partial charge in [0.1, 0.15) is 0 Å². The van der Waals surface area contributed by atoms with E-state index in [0.717, 1.165) is 24.7 Å². The first kappa shape index (κ1) is 15.5. The van der Waals surface area contributed by atoms with Gasteiger partial charge in [-0.1, -0.05) is 25.8 Å². The van der Waals surface area contributed by atoms with Crippen LogP contribution in [0.2, 0.25) is 0 Å². The molecule has 0 aliphatic carbocycles. The summed E-state index contributed by atoms with van der Waals surface area (Å²) in [6.45, 7) is 6.71. The van der Waals surface area contributed by atoms with Gasteiger partial charge in [0.2, 0.25) is 0 Å². The Balaban J connectivity index is 2.07. The van der Waals surface area contributed by atoms with Gasteiger partial charge in [-0.2, -0.15) is 0 Å². The fourth-order valence-electron chi connectivity index (χ4n) is 3.50. The van der Waals surface area contributed by atoms with E-state index in [0.29, 0.717) is 0 Å². The second kappa shape index (κ2) is 7.75. The molecule has 0 radical (unpaired) electrons. The van der Waals surface area contributed by atoms with Crippen molar-refractivity contribution in [3.8, 4) is 0 Å². The molecule has 3 unspecified atom stereocenters. The van der Waals surface area contributed by atoms with E-state index in [1.165, 1.54) is 32.1 Å². The molecular weight excluding hydrogens is 246 g/mol. The Kier molecular flexibility index (Phi) is 5.99. The molecule has 1 aromatic rings. The Morgan fingerprint density at radius 1 is 1.35 bits per heavy atom. The molecule has 1 aliphatic heterocycles. The van der Waals surface area contributed by atoms with E-state index in [9.17, 15) is 0 Å². The van der Waals surface area contributed by atoms with Crippen molar-refractivity contribution in [2.75, 3.05) is 13.1 Å². The number of nitrogens with two attached hydrogens (primary N) is 1. The molecule has 0 bridgehead atoms. The molecule has 0 amide bonds. The highest BCUT2D eigenvalue weighted by Gasteiger charge is 2.27. The molecule has 0 aromatic carbocycles. The Morgan fingerprint density at radius 3 is 2.85 bits per heavy atom. The lowest BCUT2D eigenvalue weighted by Crippen LogP contribution is -2.40. The summed E-state index contributed by atoms with van der Waals surface area (Å²) < 4.78 is 0. The fraction of sp³-hybridized carbons (Fsp3) is 0.706. The van der Waals surface area contributed by atoms with Crippen LogP contribution in [0, 0.1) is 5.92 Å². The maximum atomic E-state index is 6.26. The van der Waals surface area contributed by atoms with Crippen LogP contribution in [0.15, 0.2) is 24.4 Å². The predicted molar refractivity (Wildman–Crippen MR) is 84.4 cm³/mol. The molecule has 3 atom stereocenters. The van der Waals surface area contributed by atoms with Crippen LogP contribution in [0.4, 0.5) is 0 Å². The average Bonchev–Trinajstić information content (AvgIpc) is 2.66. The topological polar surface area (TPSA) is 42.2 Å². The maximum Gasteiger partial charge on any atom is 0.0670 e. The minimum atomic E-state index is 0.118. The molecule has 1 aliphatic rings. The Morgan fingerprint density at radius 2 is 2.20 bits per heavy atom. The molecule has 3 heteroatoms. The lowest BCUT2D eigenvalue weighted by atomic mass is 9.96. The zero-order valence-electron chi connectivity index (χ0n) is 13.0. The van der Waals surface area contributed by atoms with E-state index in [4.69, 9.17) is 5.73 Å². The predicted octanol–water partition coefficient (Wildman–Crippen LogP) is 3.37. The maximum absolute atomic E-state index is 6.26. The number of aromatic nitrogens is 1. The van der Waals surface area contributed by atoms with Crippen LogP contribution >= 0.6 is 0 Å². The van der Waals surface area contributed by atoms with Crippen molar-refractivity contribution in [2.24, 2.45) is 11.7 Å². The third kappa shape index (κ3) is 4.03. The number of hydrogen-bond acceptors (Lipinski definition) is 3. The molecule has 3 nitrogen and oxygen atoms in total. The van der Waals surface area contributed by atoms with Gasteiger partial charge in [0, 0.05) is 12.2 Å². The van der Waals surface area contributed by atoms with Gasteiger partial charge in [-0.25, -0.2) is 0 Å². The van der Waals surface area contributed by atoms with Gasteiger partial charge in [0.05, 0.1) is 11.7 Å². The molecule has 1 fully saturated rings. The monoisotopic (exact) mass is 275 g/mol. The molecule has 20 heavy (non-hydrogen) atoms. The normalized spacial score (nSPS) is 24.1. The van der Waals surface area contributed by atoms with Crippen LogP contribution in [0.5, 0.6) is 0 Å². The van der Waals surface area contributed by atoms with E-state index in [2.05, 4.69) is 35.9 Å². The van der Waals surface area contributed by atoms with Gasteiger partial charge in [0.25, 0.3) is 0 Å². The number of pyridine rings is 1. The van der Waals surface area contributed by atoms with E-state index >= 15 is 0 Å². The van der Waals surface area contributed by atoms with Crippen molar-refractivity contribution in [2.45, 2.75) is 58.0 Å². The molecule has 2 N–H and O–H groups in total. The summed E-state index contributed by atoms with van der Waals surface area (Å²) >= 11 is 0. The smallest absolute Gasteiger partial charge is 0.0670 e. The summed E-state index contributed by atoms with van der Waals surface area (Å²) in [5.74, 6) is 0.905. The summed E-state index contributed by atoms with van der Waals surface area (Å²) in [7, 11) is 0. The second-order valence-electron chi connectivity index (χ2n) is 6.18. The van der Waals surface area contributed by atoms with Crippen molar-refractivity contribution in [1.82, 2.24) is 9.88 Å². The molecule has 2 heterocycles. The van der Waals surface area contributed by atoms with Gasteiger partial charge in [-0.3, -0.25) is 9.88 Å². The quantitative estimate of drug-likeness (QED) is 0.896. The van der Waals surface area contributed by atoms with Crippen LogP contribution < -0.4 is 5.73 Å². The minimum Gasteiger partial charge on any atom is -0.326 e. The zero-order chi connectivity index (χ0) is 14.4. The lowest BCUT2D eigenvalue weighted by Gasteiger charge is -2.33. The minimum absolute atomic E-state index is 0.118. The van der Waals surface area contributed by atoms with E-state index in [1.807, 2.05) is 12.3 Å². The van der Waals surface area contributed by atoms with Crippen LogP contribution in [-0.2, 0) is 0 Å². The molecule has 0 saturated carbocycles. The molecule has 0 spiro atoms. The third-order valence-corrected chi connectivity index (χ3v) is 4.46. The first-order chi connectivity index (χ1) is 9.72. The van der Waals surface area contributed by atoms with E-state index in [-0.39, 0.29) is 12.1 Å². The van der Waals surface area contributed by atoms with Gasteiger partial charge in [0.15, 0.2) is 0 Å². The fourth-order valence-corrected chi connectivity index (χ4v) is 3.50. The Labute approximate surface area is 123 Å². The largest absolute Gasteiger partial charge is 0.326 e. The lowest BCUT2D eigenvalue weighted by molar-refractivity contribution is 0.177. The van der Waals surface area contributed by atoms with Crippen LogP contribution in [0.1, 0.15) is 57.7 Å². The van der Waals surface area contributed by atoms with Gasteiger partial charge < -0.3 is 5.73 Å². The summed E-state index contributed by atoms with van der Waals surface area (Å²) in [6.07, 6.45) is 8.53. The van der Waals surface area contributed by atoms with Crippen molar-refractivity contribution in [1.29, 1.82) is 0 Å². The Bertz CT molecular complexity index is 377. The third-order valence-electron chi connectivity index (χ3n) is 4.46. The number of hydrogen-bond donors (Lipinski definition) is 1. The number of rotatable bonds is 5. The molecular formula is C17H29N3. The first-order valence-corrected chi connectivity index (χ1v) is 8.13. The highest BCUT2D eigenvalue weighted by Crippen LogP contribution is 2.28.